The zero-order valence-electron chi connectivity index (χ0n) is 13.5. The smallest absolute Gasteiger partial charge is 0.295 e. The molecule has 0 heterocycles. The van der Waals surface area contributed by atoms with E-state index >= 15 is 0 Å². The molecular formula is C15H17N5O4S2. The molecule has 0 bridgehead atoms. The normalized spacial score (nSPS) is 10.8. The number of benzene rings is 2. The quantitative estimate of drug-likeness (QED) is 0.312. The fraction of sp³-hybridized carbons (Fsp3) is 0.133. The molecule has 0 fully saturated rings. The third-order valence-electron chi connectivity index (χ3n) is 3.35. The number of hydrogen-bond acceptors (Lipinski definition) is 6. The average Bonchev–Trinajstić information content (AvgIpc) is 2.60. The summed E-state index contributed by atoms with van der Waals surface area (Å²) in [6.45, 7) is 0.573. The molecule has 0 unspecified atom stereocenters. The molecule has 0 aromatic heterocycles. The zero-order valence-corrected chi connectivity index (χ0v) is 15.1. The number of primary sulfonamides is 1. The van der Waals surface area contributed by atoms with Crippen LogP contribution in [0.25, 0.3) is 0 Å². The van der Waals surface area contributed by atoms with Crippen molar-refractivity contribution in [2.75, 3.05) is 12.0 Å². The summed E-state index contributed by atoms with van der Waals surface area (Å²) in [6.07, 6.45) is 0.756. The van der Waals surface area contributed by atoms with Crippen molar-refractivity contribution >= 4 is 38.7 Å². The Labute approximate surface area is 155 Å². The second-order valence-corrected chi connectivity index (χ2v) is 7.19. The summed E-state index contributed by atoms with van der Waals surface area (Å²) in [6, 6.07) is 13.1. The standard InChI is InChI=1S/C15H17N5O4S2/c16-26(23,24)12-6-7-13(14(10-12)20(21)22)18-19-15(25)17-9-8-11-4-2-1-3-5-11/h1-7,10,18H,8-9H2,(H2,16,23,24)(H2,17,19,25). The second-order valence-electron chi connectivity index (χ2n) is 5.22. The topological polar surface area (TPSA) is 139 Å². The highest BCUT2D eigenvalue weighted by Crippen LogP contribution is 2.26. The molecule has 0 atom stereocenters. The van der Waals surface area contributed by atoms with E-state index in [1.54, 1.807) is 0 Å². The zero-order chi connectivity index (χ0) is 19.2. The first-order valence-electron chi connectivity index (χ1n) is 7.42. The van der Waals surface area contributed by atoms with Crippen molar-refractivity contribution in [3.05, 3.63) is 64.2 Å². The Kier molecular flexibility index (Phi) is 6.44. The Morgan fingerprint density at radius 2 is 1.88 bits per heavy atom. The van der Waals surface area contributed by atoms with Gasteiger partial charge in [-0.3, -0.25) is 21.0 Å². The summed E-state index contributed by atoms with van der Waals surface area (Å²) < 4.78 is 22.6. The van der Waals surface area contributed by atoms with Gasteiger partial charge in [0.15, 0.2) is 5.11 Å². The van der Waals surface area contributed by atoms with Crippen LogP contribution in [-0.2, 0) is 16.4 Å². The van der Waals surface area contributed by atoms with Gasteiger partial charge >= 0.3 is 0 Å². The number of nitrogens with two attached hydrogens (primary N) is 1. The van der Waals surface area contributed by atoms with E-state index in [2.05, 4.69) is 16.2 Å². The number of nitrogens with one attached hydrogen (secondary N) is 3. The van der Waals surface area contributed by atoms with Crippen LogP contribution in [0.1, 0.15) is 5.56 Å². The minimum absolute atomic E-state index is 0.0506. The monoisotopic (exact) mass is 395 g/mol. The lowest BCUT2D eigenvalue weighted by atomic mass is 10.1. The molecule has 26 heavy (non-hydrogen) atoms. The first kappa shape index (κ1) is 19.6. The fourth-order valence-corrected chi connectivity index (χ4v) is 2.77. The second kappa shape index (κ2) is 8.56. The molecule has 0 aliphatic carbocycles. The first-order valence-corrected chi connectivity index (χ1v) is 9.38. The summed E-state index contributed by atoms with van der Waals surface area (Å²) in [5, 5.41) is 19.3. The molecule has 0 saturated carbocycles. The van der Waals surface area contributed by atoms with Gasteiger partial charge in [0.2, 0.25) is 10.0 Å². The third kappa shape index (κ3) is 5.65. The SMILES string of the molecule is NS(=O)(=O)c1ccc(NNC(=S)NCCc2ccccc2)c([N+](=O)[O-])c1. The molecule has 0 spiro atoms. The number of anilines is 1. The lowest BCUT2D eigenvalue weighted by Gasteiger charge is -2.13. The molecule has 0 amide bonds. The van der Waals surface area contributed by atoms with Crippen molar-refractivity contribution in [2.24, 2.45) is 5.14 Å². The van der Waals surface area contributed by atoms with Crippen molar-refractivity contribution in [2.45, 2.75) is 11.3 Å². The number of hydrazine groups is 1. The predicted octanol–water partition coefficient (Wildman–Crippen LogP) is 1.28. The van der Waals surface area contributed by atoms with E-state index in [1.807, 2.05) is 30.3 Å². The summed E-state index contributed by atoms with van der Waals surface area (Å²) >= 11 is 5.09. The fourth-order valence-electron chi connectivity index (χ4n) is 2.08. The highest BCUT2D eigenvalue weighted by atomic mass is 32.2. The number of thiocarbonyl (C=S) groups is 1. The highest BCUT2D eigenvalue weighted by molar-refractivity contribution is 7.89. The van der Waals surface area contributed by atoms with Gasteiger partial charge in [0.1, 0.15) is 5.69 Å². The van der Waals surface area contributed by atoms with Crippen LogP contribution in [0.15, 0.2) is 53.4 Å². The maximum atomic E-state index is 11.3. The van der Waals surface area contributed by atoms with Gasteiger partial charge in [-0.1, -0.05) is 30.3 Å². The third-order valence-corrected chi connectivity index (χ3v) is 4.50. The van der Waals surface area contributed by atoms with Crippen LogP contribution < -0.4 is 21.3 Å². The van der Waals surface area contributed by atoms with Crippen LogP contribution in [-0.4, -0.2) is 25.0 Å². The Morgan fingerprint density at radius 1 is 1.19 bits per heavy atom. The van der Waals surface area contributed by atoms with Gasteiger partial charge in [0.05, 0.1) is 9.82 Å². The molecule has 0 saturated heterocycles. The Morgan fingerprint density at radius 3 is 2.50 bits per heavy atom. The maximum absolute atomic E-state index is 11.3. The van der Waals surface area contributed by atoms with Crippen molar-refractivity contribution in [1.82, 2.24) is 10.7 Å². The predicted molar refractivity (Wildman–Crippen MR) is 102 cm³/mol. The number of nitro groups is 1. The highest BCUT2D eigenvalue weighted by Gasteiger charge is 2.19. The van der Waals surface area contributed by atoms with Crippen LogP contribution in [0.4, 0.5) is 11.4 Å². The van der Waals surface area contributed by atoms with E-state index in [4.69, 9.17) is 17.4 Å². The lowest BCUT2D eigenvalue weighted by Crippen LogP contribution is -2.39. The molecule has 0 radical (unpaired) electrons. The van der Waals surface area contributed by atoms with E-state index in [1.165, 1.54) is 6.07 Å². The average molecular weight is 395 g/mol. The van der Waals surface area contributed by atoms with Crippen LogP contribution in [0.3, 0.4) is 0 Å². The van der Waals surface area contributed by atoms with Crippen LogP contribution in [0, 0.1) is 10.1 Å². The molecule has 138 valence electrons. The number of rotatable bonds is 7. The van der Waals surface area contributed by atoms with E-state index < -0.39 is 20.6 Å². The van der Waals surface area contributed by atoms with Crippen molar-refractivity contribution in [1.29, 1.82) is 0 Å². The van der Waals surface area contributed by atoms with Gasteiger partial charge in [-0.2, -0.15) is 0 Å². The van der Waals surface area contributed by atoms with Crippen molar-refractivity contribution in [3.63, 3.8) is 0 Å². The summed E-state index contributed by atoms with van der Waals surface area (Å²) in [7, 11) is -4.04. The van der Waals surface area contributed by atoms with E-state index in [9.17, 15) is 18.5 Å². The number of nitro benzene ring substituents is 1. The Hall–Kier alpha value is -2.76. The van der Waals surface area contributed by atoms with Crippen molar-refractivity contribution in [3.8, 4) is 0 Å². The van der Waals surface area contributed by atoms with Crippen LogP contribution in [0.2, 0.25) is 0 Å². The van der Waals surface area contributed by atoms with E-state index in [0.29, 0.717) is 6.54 Å². The van der Waals surface area contributed by atoms with Gasteiger partial charge in [-0.05, 0) is 36.3 Å². The molecular weight excluding hydrogens is 378 g/mol. The summed E-state index contributed by atoms with van der Waals surface area (Å²) in [4.78, 5) is 10.1. The Bertz CT molecular complexity index is 904. The Balaban J connectivity index is 1.93. The van der Waals surface area contributed by atoms with E-state index in [0.717, 1.165) is 24.1 Å². The number of nitrogens with zero attached hydrogens (tertiary/aromatic N) is 1. The van der Waals surface area contributed by atoms with Gasteiger partial charge in [-0.25, -0.2) is 13.6 Å². The van der Waals surface area contributed by atoms with Gasteiger partial charge in [0.25, 0.3) is 5.69 Å². The summed E-state index contributed by atoms with van der Waals surface area (Å²) in [5.41, 5.74) is 5.96. The van der Waals surface area contributed by atoms with Crippen LogP contribution in [0.5, 0.6) is 0 Å². The van der Waals surface area contributed by atoms with Crippen LogP contribution >= 0.6 is 12.2 Å². The van der Waals surface area contributed by atoms with Gasteiger partial charge in [-0.15, -0.1) is 0 Å². The molecule has 0 aliphatic heterocycles. The van der Waals surface area contributed by atoms with E-state index in [-0.39, 0.29) is 15.7 Å². The molecule has 9 nitrogen and oxygen atoms in total. The van der Waals surface area contributed by atoms with Gasteiger partial charge in [0, 0.05) is 12.6 Å². The minimum atomic E-state index is -4.04. The first-order chi connectivity index (χ1) is 12.3. The number of sulfonamides is 1. The largest absolute Gasteiger partial charge is 0.361 e. The summed E-state index contributed by atoms with van der Waals surface area (Å²) in [5.74, 6) is 0. The molecule has 2 aromatic rings. The molecule has 2 aromatic carbocycles. The molecule has 2 rings (SSSR count). The van der Waals surface area contributed by atoms with Crippen molar-refractivity contribution < 1.29 is 13.3 Å². The maximum Gasteiger partial charge on any atom is 0.295 e. The molecule has 0 aliphatic rings. The lowest BCUT2D eigenvalue weighted by molar-refractivity contribution is -0.384. The van der Waals surface area contributed by atoms with Gasteiger partial charge < -0.3 is 5.32 Å². The molecule has 5 N–H and O–H groups in total. The number of hydrogen-bond donors (Lipinski definition) is 4. The molecule has 11 heteroatoms. The minimum Gasteiger partial charge on any atom is -0.361 e.